The molecule has 0 spiro atoms. The highest BCUT2D eigenvalue weighted by molar-refractivity contribution is 6.30. The quantitative estimate of drug-likeness (QED) is 0.373. The Morgan fingerprint density at radius 2 is 1.87 bits per heavy atom. The number of pyridine rings is 1. The van der Waals surface area contributed by atoms with Gasteiger partial charge >= 0.3 is 0 Å². The summed E-state index contributed by atoms with van der Waals surface area (Å²) in [6.07, 6.45) is 3.05. The molecule has 4 rings (SSSR count). The maximum atomic E-state index is 6.24. The van der Waals surface area contributed by atoms with E-state index < -0.39 is 0 Å². The van der Waals surface area contributed by atoms with Crippen LogP contribution in [0.2, 0.25) is 5.02 Å². The number of para-hydroxylation sites is 1. The molecule has 0 amide bonds. The fourth-order valence-corrected chi connectivity index (χ4v) is 4.12. The standard InChI is InChI=1S/C24H27ClN4.ClH/c1-28(2)14-6-12-26-16-22-24-21(11-13-27-22)20-9-3-4-10-23(20)29(24)17-18-7-5-8-19(25)15-18;/h3-5,7-11,13,15,26H,6,12,14,16-17H2,1-2H3;1H. The molecule has 158 valence electrons. The summed E-state index contributed by atoms with van der Waals surface area (Å²) in [6, 6.07) is 18.8. The summed E-state index contributed by atoms with van der Waals surface area (Å²) >= 11 is 6.24. The third-order valence-electron chi connectivity index (χ3n) is 5.24. The van der Waals surface area contributed by atoms with Gasteiger partial charge in [-0.2, -0.15) is 0 Å². The number of hydrogen-bond acceptors (Lipinski definition) is 3. The van der Waals surface area contributed by atoms with Gasteiger partial charge in [-0.3, -0.25) is 4.98 Å². The van der Waals surface area contributed by atoms with Crippen LogP contribution >= 0.6 is 24.0 Å². The Morgan fingerprint density at radius 1 is 1.03 bits per heavy atom. The van der Waals surface area contributed by atoms with Crippen molar-refractivity contribution in [2.24, 2.45) is 0 Å². The summed E-state index contributed by atoms with van der Waals surface area (Å²) in [5.74, 6) is 0. The second kappa shape index (κ2) is 10.3. The van der Waals surface area contributed by atoms with Crippen LogP contribution in [-0.4, -0.2) is 41.6 Å². The highest BCUT2D eigenvalue weighted by Crippen LogP contribution is 2.31. The number of nitrogens with zero attached hydrogens (tertiary/aromatic N) is 3. The van der Waals surface area contributed by atoms with E-state index in [1.165, 1.54) is 27.4 Å². The number of aromatic nitrogens is 2. The minimum Gasteiger partial charge on any atom is -0.334 e. The molecule has 0 saturated carbocycles. The molecule has 0 aliphatic heterocycles. The van der Waals surface area contributed by atoms with E-state index in [1.807, 2.05) is 24.4 Å². The van der Waals surface area contributed by atoms with Crippen molar-refractivity contribution in [3.63, 3.8) is 0 Å². The minimum absolute atomic E-state index is 0. The minimum atomic E-state index is 0. The fourth-order valence-electron chi connectivity index (χ4n) is 3.91. The molecule has 0 aliphatic rings. The smallest absolute Gasteiger partial charge is 0.0784 e. The lowest BCUT2D eigenvalue weighted by atomic mass is 10.1. The predicted octanol–water partition coefficient (Wildman–Crippen LogP) is 5.35. The highest BCUT2D eigenvalue weighted by Gasteiger charge is 2.15. The summed E-state index contributed by atoms with van der Waals surface area (Å²) in [6.45, 7) is 3.59. The van der Waals surface area contributed by atoms with Gasteiger partial charge in [-0.05, 0) is 63.4 Å². The van der Waals surface area contributed by atoms with E-state index in [9.17, 15) is 0 Å². The lowest BCUT2D eigenvalue weighted by molar-refractivity contribution is 0.394. The zero-order valence-corrected chi connectivity index (χ0v) is 19.0. The van der Waals surface area contributed by atoms with Crippen molar-refractivity contribution in [1.82, 2.24) is 19.8 Å². The summed E-state index contributed by atoms with van der Waals surface area (Å²) < 4.78 is 2.38. The normalized spacial score (nSPS) is 11.3. The van der Waals surface area contributed by atoms with Crippen molar-refractivity contribution in [3.8, 4) is 0 Å². The second-order valence-corrected chi connectivity index (χ2v) is 8.16. The zero-order chi connectivity index (χ0) is 20.2. The van der Waals surface area contributed by atoms with Crippen molar-refractivity contribution in [2.75, 3.05) is 27.2 Å². The summed E-state index contributed by atoms with van der Waals surface area (Å²) in [5.41, 5.74) is 4.71. The molecule has 30 heavy (non-hydrogen) atoms. The van der Waals surface area contributed by atoms with E-state index in [4.69, 9.17) is 16.6 Å². The predicted molar refractivity (Wildman–Crippen MR) is 130 cm³/mol. The van der Waals surface area contributed by atoms with Crippen LogP contribution in [0.15, 0.2) is 60.8 Å². The maximum Gasteiger partial charge on any atom is 0.0784 e. The lowest BCUT2D eigenvalue weighted by Gasteiger charge is -2.12. The van der Waals surface area contributed by atoms with E-state index in [0.717, 1.165) is 43.3 Å². The van der Waals surface area contributed by atoms with Gasteiger partial charge in [0.1, 0.15) is 0 Å². The van der Waals surface area contributed by atoms with E-state index in [2.05, 4.69) is 65.3 Å². The van der Waals surface area contributed by atoms with Gasteiger partial charge in [-0.15, -0.1) is 12.4 Å². The van der Waals surface area contributed by atoms with Crippen LogP contribution in [0, 0.1) is 0 Å². The van der Waals surface area contributed by atoms with Crippen LogP contribution in [0.4, 0.5) is 0 Å². The molecule has 0 radical (unpaired) electrons. The van der Waals surface area contributed by atoms with Gasteiger partial charge in [0.15, 0.2) is 0 Å². The van der Waals surface area contributed by atoms with Crippen LogP contribution in [0.1, 0.15) is 17.7 Å². The average Bonchev–Trinajstić information content (AvgIpc) is 3.02. The molecule has 0 aliphatic carbocycles. The Morgan fingerprint density at radius 3 is 2.67 bits per heavy atom. The molecule has 6 heteroatoms. The Balaban J connectivity index is 0.00000256. The average molecular weight is 443 g/mol. The highest BCUT2D eigenvalue weighted by atomic mass is 35.5. The number of benzene rings is 2. The van der Waals surface area contributed by atoms with Gasteiger partial charge in [-0.25, -0.2) is 0 Å². The van der Waals surface area contributed by atoms with Crippen LogP contribution < -0.4 is 5.32 Å². The molecule has 4 nitrogen and oxygen atoms in total. The molecular formula is C24H28Cl2N4. The van der Waals surface area contributed by atoms with Crippen LogP contribution in [0.5, 0.6) is 0 Å². The third kappa shape index (κ3) is 4.96. The fraction of sp³-hybridized carbons (Fsp3) is 0.292. The van der Waals surface area contributed by atoms with Gasteiger partial charge < -0.3 is 14.8 Å². The summed E-state index contributed by atoms with van der Waals surface area (Å²) in [5, 5.41) is 6.86. The molecule has 2 heterocycles. The Labute approximate surface area is 189 Å². The number of rotatable bonds is 8. The van der Waals surface area contributed by atoms with Crippen LogP contribution in [-0.2, 0) is 13.1 Å². The molecule has 0 atom stereocenters. The SMILES string of the molecule is CN(C)CCCNCc1nccc2c3ccccc3n(Cc3cccc(Cl)c3)c12.Cl. The van der Waals surface area contributed by atoms with Crippen molar-refractivity contribution < 1.29 is 0 Å². The topological polar surface area (TPSA) is 33.1 Å². The molecule has 0 bridgehead atoms. The summed E-state index contributed by atoms with van der Waals surface area (Å²) in [7, 11) is 4.22. The number of hydrogen-bond donors (Lipinski definition) is 1. The van der Waals surface area contributed by atoms with E-state index >= 15 is 0 Å². The monoisotopic (exact) mass is 442 g/mol. The van der Waals surface area contributed by atoms with Crippen molar-refractivity contribution in [1.29, 1.82) is 0 Å². The molecule has 2 aromatic carbocycles. The first-order chi connectivity index (χ1) is 14.1. The maximum absolute atomic E-state index is 6.24. The molecular weight excluding hydrogens is 415 g/mol. The van der Waals surface area contributed by atoms with Gasteiger partial charge in [0, 0.05) is 40.6 Å². The number of halogens is 2. The Hall–Kier alpha value is -2.11. The Kier molecular flexibility index (Phi) is 7.73. The van der Waals surface area contributed by atoms with Gasteiger partial charge in [0.25, 0.3) is 0 Å². The molecule has 0 saturated heterocycles. The van der Waals surface area contributed by atoms with Crippen molar-refractivity contribution in [2.45, 2.75) is 19.5 Å². The van der Waals surface area contributed by atoms with E-state index in [-0.39, 0.29) is 12.4 Å². The zero-order valence-electron chi connectivity index (χ0n) is 17.4. The first-order valence-electron chi connectivity index (χ1n) is 10.1. The summed E-state index contributed by atoms with van der Waals surface area (Å²) in [4.78, 5) is 6.95. The third-order valence-corrected chi connectivity index (χ3v) is 5.47. The number of nitrogens with one attached hydrogen (secondary N) is 1. The number of fused-ring (bicyclic) bond motifs is 3. The molecule has 2 aromatic heterocycles. The second-order valence-electron chi connectivity index (χ2n) is 7.72. The van der Waals surface area contributed by atoms with E-state index in [0.29, 0.717) is 0 Å². The van der Waals surface area contributed by atoms with Gasteiger partial charge in [-0.1, -0.05) is 41.9 Å². The lowest BCUT2D eigenvalue weighted by Crippen LogP contribution is -2.21. The molecule has 0 fully saturated rings. The Bertz CT molecular complexity index is 1120. The largest absolute Gasteiger partial charge is 0.334 e. The first kappa shape index (κ1) is 22.6. The molecule has 1 N–H and O–H groups in total. The van der Waals surface area contributed by atoms with Gasteiger partial charge in [0.05, 0.1) is 11.2 Å². The van der Waals surface area contributed by atoms with Crippen LogP contribution in [0.3, 0.4) is 0 Å². The van der Waals surface area contributed by atoms with Crippen LogP contribution in [0.25, 0.3) is 21.8 Å². The first-order valence-corrected chi connectivity index (χ1v) is 10.5. The van der Waals surface area contributed by atoms with Crippen molar-refractivity contribution >= 4 is 45.8 Å². The van der Waals surface area contributed by atoms with E-state index in [1.54, 1.807) is 0 Å². The molecule has 4 aromatic rings. The van der Waals surface area contributed by atoms with Crippen molar-refractivity contribution in [3.05, 3.63) is 77.1 Å². The van der Waals surface area contributed by atoms with Gasteiger partial charge in [0.2, 0.25) is 0 Å². The molecule has 0 unspecified atom stereocenters.